The van der Waals surface area contributed by atoms with Crippen LogP contribution in [-0.4, -0.2) is 49.6 Å². The summed E-state index contributed by atoms with van der Waals surface area (Å²) >= 11 is 6.47. The summed E-state index contributed by atoms with van der Waals surface area (Å²) in [5.41, 5.74) is 0.758. The number of para-hydroxylation sites is 3. The Balaban J connectivity index is 1.65. The molecule has 2 aromatic carbocycles. The highest BCUT2D eigenvalue weighted by atomic mass is 32.2. The Hall–Kier alpha value is -2.71. The predicted octanol–water partition coefficient (Wildman–Crippen LogP) is 4.38. The fourth-order valence-corrected chi connectivity index (χ4v) is 3.97. The molecule has 30 heavy (non-hydrogen) atoms. The lowest BCUT2D eigenvalue weighted by Gasteiger charge is -2.14. The van der Waals surface area contributed by atoms with E-state index in [1.165, 1.54) is 16.7 Å². The molecule has 1 aliphatic rings. The van der Waals surface area contributed by atoms with Crippen molar-refractivity contribution in [2.45, 2.75) is 6.42 Å². The molecule has 0 spiro atoms. The largest absolute Gasteiger partial charge is 0.493 e. The topological polar surface area (TPSA) is 57.2 Å². The number of hydrogen-bond donors (Lipinski definition) is 0. The first-order valence-electron chi connectivity index (χ1n) is 9.32. The fourth-order valence-electron chi connectivity index (χ4n) is 2.80. The number of nitrogens with zero attached hydrogens (tertiary/aromatic N) is 1. The molecule has 6 nitrogen and oxygen atoms in total. The highest BCUT2D eigenvalue weighted by Gasteiger charge is 2.29. The number of thiocarbonyl (C=S) groups is 1. The number of amides is 1. The monoisotopic (exact) mass is 445 g/mol. The minimum absolute atomic E-state index is 0.121. The molecule has 0 unspecified atom stereocenters. The van der Waals surface area contributed by atoms with Gasteiger partial charge in [0.2, 0.25) is 0 Å². The maximum atomic E-state index is 12.3. The van der Waals surface area contributed by atoms with Crippen molar-refractivity contribution >= 4 is 40.3 Å². The fraction of sp³-hybridized carbons (Fsp3) is 0.273. The minimum atomic E-state index is -0.121. The molecule has 0 saturated carbocycles. The molecular weight excluding hydrogens is 422 g/mol. The maximum Gasteiger partial charge on any atom is 0.265 e. The molecule has 0 aromatic heterocycles. The molecule has 0 aliphatic carbocycles. The highest BCUT2D eigenvalue weighted by molar-refractivity contribution is 8.26. The Kier molecular flexibility index (Phi) is 7.59. The molecule has 0 atom stereocenters. The normalized spacial score (nSPS) is 14.9. The lowest BCUT2D eigenvalue weighted by molar-refractivity contribution is -0.121. The third kappa shape index (κ3) is 5.06. The van der Waals surface area contributed by atoms with Gasteiger partial charge in [-0.2, -0.15) is 0 Å². The molecule has 158 valence electrons. The molecule has 0 N–H and O–H groups in total. The van der Waals surface area contributed by atoms with Gasteiger partial charge in [0.15, 0.2) is 23.0 Å². The molecule has 0 bridgehead atoms. The van der Waals surface area contributed by atoms with Gasteiger partial charge in [0, 0.05) is 19.0 Å². The van der Waals surface area contributed by atoms with Crippen LogP contribution in [0.3, 0.4) is 0 Å². The zero-order valence-electron chi connectivity index (χ0n) is 17.0. The third-order valence-corrected chi connectivity index (χ3v) is 5.85. The highest BCUT2D eigenvalue weighted by Crippen LogP contribution is 2.37. The zero-order chi connectivity index (χ0) is 21.5. The molecule has 3 rings (SSSR count). The molecular formula is C22H23NO5S2. The van der Waals surface area contributed by atoms with Gasteiger partial charge in [-0.1, -0.05) is 48.2 Å². The van der Waals surface area contributed by atoms with Crippen LogP contribution in [0.2, 0.25) is 0 Å². The average Bonchev–Trinajstić information content (AvgIpc) is 3.01. The van der Waals surface area contributed by atoms with Gasteiger partial charge in [-0.05, 0) is 24.3 Å². The number of likely N-dealkylation sites (N-methyl/N-ethyl adjacent to an activating group) is 1. The number of rotatable bonds is 9. The van der Waals surface area contributed by atoms with Crippen molar-refractivity contribution in [3.05, 3.63) is 52.9 Å². The van der Waals surface area contributed by atoms with E-state index in [1.54, 1.807) is 27.3 Å². The van der Waals surface area contributed by atoms with Crippen LogP contribution >= 0.6 is 24.0 Å². The molecule has 1 aliphatic heterocycles. The van der Waals surface area contributed by atoms with Gasteiger partial charge in [-0.3, -0.25) is 9.69 Å². The number of carbonyl (C=O) groups is 1. The molecule has 1 fully saturated rings. The summed E-state index contributed by atoms with van der Waals surface area (Å²) in [6.07, 6.45) is 2.44. The Morgan fingerprint density at radius 1 is 0.967 bits per heavy atom. The van der Waals surface area contributed by atoms with E-state index in [0.717, 1.165) is 5.56 Å². The van der Waals surface area contributed by atoms with Crippen LogP contribution in [0.5, 0.6) is 23.0 Å². The van der Waals surface area contributed by atoms with Gasteiger partial charge in [-0.25, -0.2) is 0 Å². The Morgan fingerprint density at radius 3 is 2.30 bits per heavy atom. The lowest BCUT2D eigenvalue weighted by atomic mass is 10.1. The summed E-state index contributed by atoms with van der Waals surface area (Å²) in [7, 11) is 4.87. The molecule has 0 radical (unpaired) electrons. The van der Waals surface area contributed by atoms with Crippen LogP contribution < -0.4 is 18.9 Å². The van der Waals surface area contributed by atoms with E-state index in [-0.39, 0.29) is 5.91 Å². The number of hydrogen-bond acceptors (Lipinski definition) is 7. The van der Waals surface area contributed by atoms with Crippen LogP contribution in [0.15, 0.2) is 47.4 Å². The van der Waals surface area contributed by atoms with Crippen LogP contribution in [0.4, 0.5) is 0 Å². The summed E-state index contributed by atoms with van der Waals surface area (Å²) < 4.78 is 23.0. The van der Waals surface area contributed by atoms with E-state index in [0.29, 0.717) is 51.9 Å². The number of thioether (sulfide) groups is 1. The summed E-state index contributed by atoms with van der Waals surface area (Å²) in [6.45, 7) is 0.893. The van der Waals surface area contributed by atoms with Gasteiger partial charge in [0.1, 0.15) is 4.32 Å². The van der Waals surface area contributed by atoms with Crippen molar-refractivity contribution in [3.63, 3.8) is 0 Å². The number of ether oxygens (including phenoxy) is 4. The SMILES string of the molecule is COc1ccccc1OCCCOc1c(C=C2SC(=S)N(C)C2=O)cccc1OC. The van der Waals surface area contributed by atoms with E-state index in [9.17, 15) is 4.79 Å². The van der Waals surface area contributed by atoms with Crippen molar-refractivity contribution < 1.29 is 23.7 Å². The van der Waals surface area contributed by atoms with Crippen molar-refractivity contribution in [2.75, 3.05) is 34.5 Å². The standard InChI is InChI=1S/C22H23NO5S2/c1-23-21(24)19(30-22(23)29)14-15-8-6-11-18(26-3)20(15)28-13-7-12-27-17-10-5-4-9-16(17)25-2/h4-6,8-11,14H,7,12-13H2,1-3H3. The summed E-state index contributed by atoms with van der Waals surface area (Å²) in [5, 5.41) is 0. The number of carbonyl (C=O) groups excluding carboxylic acids is 1. The van der Waals surface area contributed by atoms with E-state index in [4.69, 9.17) is 31.2 Å². The smallest absolute Gasteiger partial charge is 0.265 e. The first kappa shape index (κ1) is 22.0. The van der Waals surface area contributed by atoms with E-state index in [1.807, 2.05) is 42.5 Å². The first-order chi connectivity index (χ1) is 14.5. The van der Waals surface area contributed by atoms with Crippen LogP contribution in [0.1, 0.15) is 12.0 Å². The zero-order valence-corrected chi connectivity index (χ0v) is 18.7. The Labute approximate surface area is 185 Å². The summed E-state index contributed by atoms with van der Waals surface area (Å²) in [5.74, 6) is 2.45. The van der Waals surface area contributed by atoms with Gasteiger partial charge in [0.25, 0.3) is 5.91 Å². The molecule has 1 heterocycles. The summed E-state index contributed by atoms with van der Waals surface area (Å²) in [6, 6.07) is 13.1. The maximum absolute atomic E-state index is 12.3. The van der Waals surface area contributed by atoms with Gasteiger partial charge in [-0.15, -0.1) is 0 Å². The second kappa shape index (κ2) is 10.4. The number of methoxy groups -OCH3 is 2. The van der Waals surface area contributed by atoms with Crippen molar-refractivity contribution in [3.8, 4) is 23.0 Å². The van der Waals surface area contributed by atoms with Crippen LogP contribution in [-0.2, 0) is 4.79 Å². The van der Waals surface area contributed by atoms with Gasteiger partial charge in [0.05, 0.1) is 32.3 Å². The van der Waals surface area contributed by atoms with Crippen LogP contribution in [0.25, 0.3) is 6.08 Å². The number of benzene rings is 2. The third-order valence-electron chi connectivity index (χ3n) is 4.36. The van der Waals surface area contributed by atoms with Crippen molar-refractivity contribution in [1.82, 2.24) is 4.90 Å². The van der Waals surface area contributed by atoms with E-state index < -0.39 is 0 Å². The minimum Gasteiger partial charge on any atom is -0.493 e. The van der Waals surface area contributed by atoms with Crippen molar-refractivity contribution in [1.29, 1.82) is 0 Å². The quantitative estimate of drug-likeness (QED) is 0.322. The second-order valence-electron chi connectivity index (χ2n) is 6.32. The molecule has 1 amide bonds. The second-order valence-corrected chi connectivity index (χ2v) is 8.00. The molecule has 2 aromatic rings. The van der Waals surface area contributed by atoms with Crippen molar-refractivity contribution in [2.24, 2.45) is 0 Å². The van der Waals surface area contributed by atoms with Crippen LogP contribution in [0, 0.1) is 0 Å². The first-order valence-corrected chi connectivity index (χ1v) is 10.5. The van der Waals surface area contributed by atoms with E-state index in [2.05, 4.69) is 0 Å². The lowest BCUT2D eigenvalue weighted by Crippen LogP contribution is -2.22. The van der Waals surface area contributed by atoms with Gasteiger partial charge < -0.3 is 18.9 Å². The molecule has 8 heteroatoms. The Morgan fingerprint density at radius 2 is 1.63 bits per heavy atom. The van der Waals surface area contributed by atoms with Gasteiger partial charge >= 0.3 is 0 Å². The predicted molar refractivity (Wildman–Crippen MR) is 123 cm³/mol. The Bertz CT molecular complexity index is 960. The summed E-state index contributed by atoms with van der Waals surface area (Å²) in [4.78, 5) is 14.3. The molecule has 1 saturated heterocycles. The average molecular weight is 446 g/mol. The van der Waals surface area contributed by atoms with E-state index >= 15 is 0 Å².